The van der Waals surface area contributed by atoms with Crippen LogP contribution in [-0.4, -0.2) is 35.6 Å². The van der Waals surface area contributed by atoms with Crippen molar-refractivity contribution in [3.63, 3.8) is 0 Å². The molecule has 0 spiro atoms. The zero-order valence-corrected chi connectivity index (χ0v) is 39.4. The quantitative estimate of drug-likeness (QED) is 0.0877. The van der Waals surface area contributed by atoms with Crippen molar-refractivity contribution in [3.05, 3.63) is 118 Å². The molecule has 2 heterocycles. The minimum absolute atomic E-state index is 0.471. The van der Waals surface area contributed by atoms with Crippen molar-refractivity contribution in [2.75, 3.05) is 13.2 Å². The molecule has 0 radical (unpaired) electrons. The third kappa shape index (κ3) is 8.69. The summed E-state index contributed by atoms with van der Waals surface area (Å²) in [5.74, 6) is 2.87. The molecule has 0 amide bonds. The van der Waals surface area contributed by atoms with Crippen molar-refractivity contribution in [1.82, 2.24) is 0 Å². The summed E-state index contributed by atoms with van der Waals surface area (Å²) in [5, 5.41) is 0. The molecule has 2 atom stereocenters. The minimum atomic E-state index is -0.721. The lowest BCUT2D eigenvalue weighted by Crippen LogP contribution is -2.41. The van der Waals surface area contributed by atoms with E-state index in [9.17, 15) is 0 Å². The highest BCUT2D eigenvalue weighted by Gasteiger charge is 2.53. The first-order valence-electron chi connectivity index (χ1n) is 23.5. The van der Waals surface area contributed by atoms with E-state index in [1.807, 2.05) is 0 Å². The van der Waals surface area contributed by atoms with Crippen molar-refractivity contribution in [2.45, 2.75) is 175 Å². The number of unbranched alkanes of at least 4 members (excludes halogenated alkanes) is 2. The molecule has 0 N–H and O–H groups in total. The first kappa shape index (κ1) is 45.3. The van der Waals surface area contributed by atoms with E-state index < -0.39 is 40.4 Å². The van der Waals surface area contributed by atoms with Crippen molar-refractivity contribution in [2.24, 2.45) is 11.8 Å². The highest BCUT2D eigenvalue weighted by Crippen LogP contribution is 2.59. The van der Waals surface area contributed by atoms with Crippen molar-refractivity contribution < 1.29 is 28.4 Å². The van der Waals surface area contributed by atoms with Crippen LogP contribution in [0.5, 0.6) is 11.5 Å². The van der Waals surface area contributed by atoms with E-state index in [1.54, 1.807) is 0 Å². The lowest BCUT2D eigenvalue weighted by molar-refractivity contribution is -0.0899. The van der Waals surface area contributed by atoms with Crippen LogP contribution in [0.4, 0.5) is 0 Å². The molecular weight excluding hydrogens is 757 g/mol. The van der Waals surface area contributed by atoms with E-state index in [0.29, 0.717) is 11.8 Å². The third-order valence-corrected chi connectivity index (χ3v) is 14.9. The fourth-order valence-corrected chi connectivity index (χ4v) is 9.23. The van der Waals surface area contributed by atoms with Gasteiger partial charge in [0.15, 0.2) is 12.6 Å². The van der Waals surface area contributed by atoms with Crippen LogP contribution >= 0.6 is 0 Å². The van der Waals surface area contributed by atoms with E-state index >= 15 is 0 Å². The Kier molecular flexibility index (Phi) is 13.3. The summed E-state index contributed by atoms with van der Waals surface area (Å²) in [5.41, 5.74) is 6.40. The molecule has 0 bridgehead atoms. The number of hydrogen-bond donors (Lipinski definition) is 0. The summed E-state index contributed by atoms with van der Waals surface area (Å²) in [7, 11) is 0. The smallest absolute Gasteiger partial charge is 0.185 e. The SMILES string of the molecule is CCCCC(CC)COc1ccc(C2(c3ccc(OCC(CC)CCCC)cc3)c3cc(C4OC(C)(C)C(C)(C)O4)ccc3-c3ccc(C4OC(C)(C)C(C)(C)O4)cc32)cc1. The van der Waals surface area contributed by atoms with E-state index in [-0.39, 0.29) is 0 Å². The Balaban J connectivity index is 1.38. The van der Waals surface area contributed by atoms with Crippen LogP contribution in [0.15, 0.2) is 84.9 Å². The molecule has 1 aliphatic carbocycles. The molecule has 2 fully saturated rings. The number of rotatable bonds is 18. The first-order chi connectivity index (χ1) is 29.0. The molecule has 0 aromatic heterocycles. The van der Waals surface area contributed by atoms with Crippen LogP contribution in [0.3, 0.4) is 0 Å². The maximum absolute atomic E-state index is 6.69. The lowest BCUT2D eigenvalue weighted by atomic mass is 9.67. The number of ether oxygens (including phenoxy) is 6. The number of fused-ring (bicyclic) bond motifs is 3. The van der Waals surface area contributed by atoms with Crippen LogP contribution < -0.4 is 9.47 Å². The average molecular weight is 831 g/mol. The Morgan fingerprint density at radius 3 is 1.13 bits per heavy atom. The molecule has 2 unspecified atom stereocenters. The molecule has 2 saturated heterocycles. The maximum Gasteiger partial charge on any atom is 0.185 e. The number of benzene rings is 4. The standard InChI is InChI=1S/C55H74O6/c1-13-17-19-37(15-3)35-56-43-27-23-41(24-28-43)55(42-25-29-44(30-26-42)57-36-38(16-4)20-18-14-2)47-33-39(49-58-51(5,6)52(7,8)59-49)21-31-45(47)46-32-22-40(34-48(46)55)50-60-53(9,10)54(11,12)61-50/h21-34,37-38,49-50H,13-20,35-36H2,1-12H3. The van der Waals surface area contributed by atoms with Crippen LogP contribution in [0.2, 0.25) is 0 Å². The fraction of sp³-hybridized carbons (Fsp3) is 0.564. The monoisotopic (exact) mass is 831 g/mol. The van der Waals surface area contributed by atoms with Crippen molar-refractivity contribution >= 4 is 0 Å². The lowest BCUT2D eigenvalue weighted by Gasteiger charge is -2.35. The second-order valence-corrected chi connectivity index (χ2v) is 20.0. The van der Waals surface area contributed by atoms with Crippen LogP contribution in [0, 0.1) is 11.8 Å². The Hall–Kier alpha value is -3.68. The van der Waals surface area contributed by atoms with Gasteiger partial charge in [-0.1, -0.05) is 115 Å². The van der Waals surface area contributed by atoms with Gasteiger partial charge in [0.25, 0.3) is 0 Å². The van der Waals surface area contributed by atoms with Crippen LogP contribution in [0.25, 0.3) is 11.1 Å². The largest absolute Gasteiger partial charge is 0.493 e. The topological polar surface area (TPSA) is 55.4 Å². The minimum Gasteiger partial charge on any atom is -0.493 e. The Bertz CT molecular complexity index is 1910. The van der Waals surface area contributed by atoms with Gasteiger partial charge < -0.3 is 28.4 Å². The Morgan fingerprint density at radius 1 is 0.475 bits per heavy atom. The van der Waals surface area contributed by atoms with Gasteiger partial charge in [-0.25, -0.2) is 0 Å². The van der Waals surface area contributed by atoms with E-state index in [1.165, 1.54) is 60.8 Å². The van der Waals surface area contributed by atoms with Crippen LogP contribution in [0.1, 0.15) is 180 Å². The first-order valence-corrected chi connectivity index (χ1v) is 23.5. The summed E-state index contributed by atoms with van der Waals surface area (Å²) < 4.78 is 39.8. The molecule has 4 aromatic rings. The molecule has 0 saturated carbocycles. The van der Waals surface area contributed by atoms with Crippen molar-refractivity contribution in [3.8, 4) is 22.6 Å². The molecule has 7 rings (SSSR count). The van der Waals surface area contributed by atoms with Gasteiger partial charge in [-0.15, -0.1) is 0 Å². The molecule has 2 aliphatic heterocycles. The van der Waals surface area contributed by atoms with Gasteiger partial charge in [0, 0.05) is 11.1 Å². The predicted octanol–water partition coefficient (Wildman–Crippen LogP) is 14.4. The molecule has 330 valence electrons. The predicted molar refractivity (Wildman–Crippen MR) is 247 cm³/mol. The van der Waals surface area contributed by atoms with Gasteiger partial charge in [-0.2, -0.15) is 0 Å². The molecule has 61 heavy (non-hydrogen) atoms. The van der Waals surface area contributed by atoms with Gasteiger partial charge in [0.05, 0.1) is 41.0 Å². The van der Waals surface area contributed by atoms with Crippen LogP contribution in [-0.2, 0) is 24.4 Å². The Morgan fingerprint density at radius 2 is 0.820 bits per heavy atom. The zero-order valence-electron chi connectivity index (χ0n) is 39.4. The summed E-state index contributed by atoms with van der Waals surface area (Å²) in [6.07, 6.45) is 8.44. The number of hydrogen-bond acceptors (Lipinski definition) is 6. The van der Waals surface area contributed by atoms with E-state index in [2.05, 4.69) is 168 Å². The fourth-order valence-electron chi connectivity index (χ4n) is 9.23. The van der Waals surface area contributed by atoms with E-state index in [4.69, 9.17) is 28.4 Å². The van der Waals surface area contributed by atoms with Gasteiger partial charge in [0.2, 0.25) is 0 Å². The molecule has 3 aliphatic rings. The highest BCUT2D eigenvalue weighted by molar-refractivity contribution is 5.87. The third-order valence-electron chi connectivity index (χ3n) is 14.9. The second kappa shape index (κ2) is 17.8. The van der Waals surface area contributed by atoms with Gasteiger partial charge in [0.1, 0.15) is 11.5 Å². The summed E-state index contributed by atoms with van der Waals surface area (Å²) in [6.45, 7) is 27.4. The highest BCUT2D eigenvalue weighted by atomic mass is 16.8. The van der Waals surface area contributed by atoms with Gasteiger partial charge in [-0.3, -0.25) is 0 Å². The summed E-state index contributed by atoms with van der Waals surface area (Å²) in [6, 6.07) is 31.3. The zero-order chi connectivity index (χ0) is 43.8. The van der Waals surface area contributed by atoms with Gasteiger partial charge in [-0.05, 0) is 150 Å². The maximum atomic E-state index is 6.69. The van der Waals surface area contributed by atoms with Gasteiger partial charge >= 0.3 is 0 Å². The van der Waals surface area contributed by atoms with Crippen molar-refractivity contribution in [1.29, 1.82) is 0 Å². The molecule has 6 heteroatoms. The summed E-state index contributed by atoms with van der Waals surface area (Å²) >= 11 is 0. The molecule has 4 aromatic carbocycles. The molecular formula is C55H74O6. The second-order valence-electron chi connectivity index (χ2n) is 20.0. The van der Waals surface area contributed by atoms with E-state index in [0.717, 1.165) is 59.8 Å². The summed E-state index contributed by atoms with van der Waals surface area (Å²) in [4.78, 5) is 0. The molecule has 6 nitrogen and oxygen atoms in total. The Labute approximate surface area is 368 Å². The average Bonchev–Trinajstić information content (AvgIpc) is 3.75. The normalized spacial score (nSPS) is 20.6.